The number of benzene rings is 1. The van der Waals surface area contributed by atoms with Crippen molar-refractivity contribution in [1.29, 1.82) is 0 Å². The molecule has 1 heterocycles. The number of carbonyl (C=O) groups is 1. The number of hydrogen-bond donors (Lipinski definition) is 2. The van der Waals surface area contributed by atoms with E-state index in [2.05, 4.69) is 15.6 Å². The second-order valence-corrected chi connectivity index (χ2v) is 4.52. The van der Waals surface area contributed by atoms with E-state index in [1.807, 2.05) is 0 Å². The van der Waals surface area contributed by atoms with Crippen LogP contribution < -0.4 is 15.4 Å². The molecule has 1 aromatic heterocycles. The summed E-state index contributed by atoms with van der Waals surface area (Å²) in [6, 6.07) is 8.79. The van der Waals surface area contributed by atoms with E-state index >= 15 is 0 Å². The number of nitrogens with one attached hydrogen (secondary N) is 2. The van der Waals surface area contributed by atoms with Crippen molar-refractivity contribution in [3.63, 3.8) is 0 Å². The molecule has 0 aliphatic heterocycles. The van der Waals surface area contributed by atoms with E-state index in [0.29, 0.717) is 22.3 Å². The first kappa shape index (κ1) is 14.1. The SMILES string of the molecule is COc1ccc(Cl)cc1Nc1ccc(NC(C)=O)cn1. The molecule has 0 unspecified atom stereocenters. The Bertz CT molecular complexity index is 614. The van der Waals surface area contributed by atoms with E-state index in [4.69, 9.17) is 16.3 Å². The molecule has 0 saturated carbocycles. The average Bonchev–Trinajstić information content (AvgIpc) is 2.41. The number of rotatable bonds is 4. The van der Waals surface area contributed by atoms with Crippen LogP contribution in [0.25, 0.3) is 0 Å². The molecule has 6 heteroatoms. The third kappa shape index (κ3) is 3.61. The smallest absolute Gasteiger partial charge is 0.221 e. The van der Waals surface area contributed by atoms with Gasteiger partial charge in [-0.2, -0.15) is 0 Å². The lowest BCUT2D eigenvalue weighted by Crippen LogP contribution is -2.06. The van der Waals surface area contributed by atoms with Crippen molar-refractivity contribution >= 4 is 34.7 Å². The van der Waals surface area contributed by atoms with E-state index in [1.54, 1.807) is 43.6 Å². The van der Waals surface area contributed by atoms with Crippen LogP contribution in [0.1, 0.15) is 6.92 Å². The van der Waals surface area contributed by atoms with Gasteiger partial charge in [0.2, 0.25) is 5.91 Å². The fourth-order valence-corrected chi connectivity index (χ4v) is 1.83. The summed E-state index contributed by atoms with van der Waals surface area (Å²) in [6.07, 6.45) is 1.57. The van der Waals surface area contributed by atoms with Gasteiger partial charge in [0, 0.05) is 11.9 Å². The summed E-state index contributed by atoms with van der Waals surface area (Å²) >= 11 is 5.96. The zero-order chi connectivity index (χ0) is 14.5. The van der Waals surface area contributed by atoms with Crippen LogP contribution in [0.5, 0.6) is 5.75 Å². The normalized spacial score (nSPS) is 9.95. The standard InChI is InChI=1S/C14H14ClN3O2/c1-9(19)17-11-4-6-14(16-8-11)18-12-7-10(15)3-5-13(12)20-2/h3-8H,1-2H3,(H,16,18)(H,17,19). The molecule has 0 bridgehead atoms. The summed E-state index contributed by atoms with van der Waals surface area (Å²) in [5, 5.41) is 6.36. The highest BCUT2D eigenvalue weighted by Crippen LogP contribution is 2.30. The topological polar surface area (TPSA) is 63.2 Å². The van der Waals surface area contributed by atoms with Crippen molar-refractivity contribution in [2.45, 2.75) is 6.92 Å². The Morgan fingerprint density at radius 1 is 1.30 bits per heavy atom. The minimum Gasteiger partial charge on any atom is -0.495 e. The highest BCUT2D eigenvalue weighted by molar-refractivity contribution is 6.31. The number of carbonyl (C=O) groups excluding carboxylic acids is 1. The summed E-state index contributed by atoms with van der Waals surface area (Å²) in [5.74, 6) is 1.16. The molecule has 0 aliphatic carbocycles. The molecule has 1 aromatic carbocycles. The summed E-state index contributed by atoms with van der Waals surface area (Å²) in [7, 11) is 1.59. The highest BCUT2D eigenvalue weighted by atomic mass is 35.5. The molecule has 0 aliphatic rings. The van der Waals surface area contributed by atoms with Crippen molar-refractivity contribution in [3.8, 4) is 5.75 Å². The van der Waals surface area contributed by atoms with Crippen molar-refractivity contribution in [3.05, 3.63) is 41.6 Å². The Morgan fingerprint density at radius 3 is 2.70 bits per heavy atom. The number of halogens is 1. The molecule has 5 nitrogen and oxygen atoms in total. The summed E-state index contributed by atoms with van der Waals surface area (Å²) in [6.45, 7) is 1.45. The van der Waals surface area contributed by atoms with Crippen LogP contribution in [-0.2, 0) is 4.79 Å². The van der Waals surface area contributed by atoms with Gasteiger partial charge in [0.25, 0.3) is 0 Å². The van der Waals surface area contributed by atoms with E-state index in [1.165, 1.54) is 6.92 Å². The van der Waals surface area contributed by atoms with Gasteiger partial charge in [0.15, 0.2) is 0 Å². The van der Waals surface area contributed by atoms with Gasteiger partial charge in [0.1, 0.15) is 11.6 Å². The fraction of sp³-hybridized carbons (Fsp3) is 0.143. The molecular formula is C14H14ClN3O2. The van der Waals surface area contributed by atoms with Crippen LogP contribution in [0.3, 0.4) is 0 Å². The van der Waals surface area contributed by atoms with Crippen molar-refractivity contribution in [1.82, 2.24) is 4.98 Å². The van der Waals surface area contributed by atoms with Crippen LogP contribution in [-0.4, -0.2) is 18.0 Å². The molecule has 0 radical (unpaired) electrons. The molecule has 0 spiro atoms. The van der Waals surface area contributed by atoms with Gasteiger partial charge in [-0.15, -0.1) is 0 Å². The van der Waals surface area contributed by atoms with Gasteiger partial charge in [0.05, 0.1) is 24.7 Å². The maximum Gasteiger partial charge on any atom is 0.221 e. The number of anilines is 3. The molecule has 0 fully saturated rings. The first-order chi connectivity index (χ1) is 9.58. The number of amides is 1. The maximum absolute atomic E-state index is 10.9. The summed E-state index contributed by atoms with van der Waals surface area (Å²) in [4.78, 5) is 15.1. The predicted molar refractivity (Wildman–Crippen MR) is 79.8 cm³/mol. The second-order valence-electron chi connectivity index (χ2n) is 4.08. The lowest BCUT2D eigenvalue weighted by atomic mass is 10.3. The Hall–Kier alpha value is -2.27. The summed E-state index contributed by atoms with van der Waals surface area (Å²) in [5.41, 5.74) is 1.36. The van der Waals surface area contributed by atoms with Gasteiger partial charge >= 0.3 is 0 Å². The van der Waals surface area contributed by atoms with Gasteiger partial charge in [-0.05, 0) is 30.3 Å². The van der Waals surface area contributed by atoms with E-state index in [9.17, 15) is 4.79 Å². The van der Waals surface area contributed by atoms with Gasteiger partial charge in [-0.1, -0.05) is 11.6 Å². The van der Waals surface area contributed by atoms with Gasteiger partial charge < -0.3 is 15.4 Å². The summed E-state index contributed by atoms with van der Waals surface area (Å²) < 4.78 is 5.24. The lowest BCUT2D eigenvalue weighted by molar-refractivity contribution is -0.114. The lowest BCUT2D eigenvalue weighted by Gasteiger charge is -2.11. The van der Waals surface area contributed by atoms with Crippen LogP contribution in [0.4, 0.5) is 17.2 Å². The average molecular weight is 292 g/mol. The minimum atomic E-state index is -0.135. The molecule has 2 aromatic rings. The molecule has 2 N–H and O–H groups in total. The molecule has 1 amide bonds. The first-order valence-electron chi connectivity index (χ1n) is 5.92. The van der Waals surface area contributed by atoms with Crippen LogP contribution in [0.15, 0.2) is 36.5 Å². The number of aromatic nitrogens is 1. The van der Waals surface area contributed by atoms with E-state index in [0.717, 1.165) is 5.69 Å². The predicted octanol–water partition coefficient (Wildman–Crippen LogP) is 3.45. The molecule has 104 valence electrons. The Kier molecular flexibility index (Phi) is 4.42. The minimum absolute atomic E-state index is 0.135. The second kappa shape index (κ2) is 6.25. The molecule has 0 saturated heterocycles. The zero-order valence-corrected chi connectivity index (χ0v) is 11.9. The van der Waals surface area contributed by atoms with E-state index < -0.39 is 0 Å². The monoisotopic (exact) mass is 291 g/mol. The Labute approximate surface area is 121 Å². The van der Waals surface area contributed by atoms with Crippen LogP contribution >= 0.6 is 11.6 Å². The number of pyridine rings is 1. The zero-order valence-electron chi connectivity index (χ0n) is 11.1. The highest BCUT2D eigenvalue weighted by Gasteiger charge is 2.05. The molecule has 20 heavy (non-hydrogen) atoms. The fourth-order valence-electron chi connectivity index (χ4n) is 1.66. The van der Waals surface area contributed by atoms with Crippen LogP contribution in [0.2, 0.25) is 5.02 Å². The third-order valence-electron chi connectivity index (χ3n) is 2.51. The maximum atomic E-state index is 10.9. The number of methoxy groups -OCH3 is 1. The molecule has 0 atom stereocenters. The third-order valence-corrected chi connectivity index (χ3v) is 2.74. The van der Waals surface area contributed by atoms with Crippen molar-refractivity contribution in [2.75, 3.05) is 17.7 Å². The number of hydrogen-bond acceptors (Lipinski definition) is 4. The molecule has 2 rings (SSSR count). The number of nitrogens with zero attached hydrogens (tertiary/aromatic N) is 1. The molecular weight excluding hydrogens is 278 g/mol. The largest absolute Gasteiger partial charge is 0.495 e. The van der Waals surface area contributed by atoms with Crippen molar-refractivity contribution < 1.29 is 9.53 Å². The van der Waals surface area contributed by atoms with Gasteiger partial charge in [-0.25, -0.2) is 4.98 Å². The van der Waals surface area contributed by atoms with Crippen LogP contribution in [0, 0.1) is 0 Å². The first-order valence-corrected chi connectivity index (χ1v) is 6.30. The van der Waals surface area contributed by atoms with Gasteiger partial charge in [-0.3, -0.25) is 4.79 Å². The van der Waals surface area contributed by atoms with Crippen molar-refractivity contribution in [2.24, 2.45) is 0 Å². The Balaban J connectivity index is 2.17. The Morgan fingerprint density at radius 2 is 2.10 bits per heavy atom. The number of ether oxygens (including phenoxy) is 1. The van der Waals surface area contributed by atoms with E-state index in [-0.39, 0.29) is 5.91 Å². The quantitative estimate of drug-likeness (QED) is 0.906.